The molecule has 0 unspecified atom stereocenters. The summed E-state index contributed by atoms with van der Waals surface area (Å²) in [6, 6.07) is 20.1. The molecule has 0 amide bonds. The first-order valence-electron chi connectivity index (χ1n) is 10.2. The van der Waals surface area contributed by atoms with Gasteiger partial charge >= 0.3 is 5.69 Å². The van der Waals surface area contributed by atoms with E-state index in [1.807, 2.05) is 42.5 Å². The van der Waals surface area contributed by atoms with Gasteiger partial charge in [0.1, 0.15) is 18.1 Å². The van der Waals surface area contributed by atoms with Crippen LogP contribution in [-0.4, -0.2) is 43.9 Å². The molecule has 1 fully saturated rings. The molecular weight excluding hydrogens is 448 g/mol. The second-order valence-electron chi connectivity index (χ2n) is 7.21. The Balaban J connectivity index is 1.55. The molecule has 0 radical (unpaired) electrons. The van der Waals surface area contributed by atoms with Crippen molar-refractivity contribution in [3.8, 4) is 17.2 Å². The Bertz CT molecular complexity index is 1230. The fourth-order valence-corrected chi connectivity index (χ4v) is 4.78. The van der Waals surface area contributed by atoms with Crippen LogP contribution in [0.5, 0.6) is 17.2 Å². The number of nitro benzene ring substituents is 1. The highest BCUT2D eigenvalue weighted by Gasteiger charge is 2.29. The molecule has 1 saturated heterocycles. The zero-order valence-electron chi connectivity index (χ0n) is 17.6. The lowest BCUT2D eigenvalue weighted by molar-refractivity contribution is -0.386. The first-order chi connectivity index (χ1) is 15.9. The largest absolute Gasteiger partial charge is 0.482 e. The lowest BCUT2D eigenvalue weighted by atomic mass is 10.2. The van der Waals surface area contributed by atoms with Gasteiger partial charge in [0, 0.05) is 24.7 Å². The number of ether oxygens (including phenoxy) is 3. The molecule has 0 bridgehead atoms. The predicted octanol–water partition coefficient (Wildman–Crippen LogP) is 3.99. The van der Waals surface area contributed by atoms with Crippen LogP contribution in [0.2, 0.25) is 0 Å². The first-order valence-corrected chi connectivity index (χ1v) is 11.7. The Morgan fingerprint density at radius 2 is 1.64 bits per heavy atom. The minimum Gasteiger partial charge on any atom is -0.482 e. The number of morpholine rings is 1. The Morgan fingerprint density at radius 3 is 2.36 bits per heavy atom. The lowest BCUT2D eigenvalue weighted by Gasteiger charge is -2.26. The van der Waals surface area contributed by atoms with Crippen molar-refractivity contribution in [2.45, 2.75) is 11.5 Å². The molecule has 1 heterocycles. The van der Waals surface area contributed by atoms with Gasteiger partial charge in [0.2, 0.25) is 10.0 Å². The molecule has 9 nitrogen and oxygen atoms in total. The van der Waals surface area contributed by atoms with Gasteiger partial charge in [-0.25, -0.2) is 8.42 Å². The molecule has 4 rings (SSSR count). The van der Waals surface area contributed by atoms with Crippen molar-refractivity contribution in [3.63, 3.8) is 0 Å². The van der Waals surface area contributed by atoms with Gasteiger partial charge in [0.05, 0.1) is 23.0 Å². The van der Waals surface area contributed by atoms with Crippen LogP contribution in [0, 0.1) is 10.1 Å². The number of nitro groups is 1. The van der Waals surface area contributed by atoms with E-state index in [9.17, 15) is 18.5 Å². The predicted molar refractivity (Wildman–Crippen MR) is 120 cm³/mol. The van der Waals surface area contributed by atoms with Crippen LogP contribution in [0.15, 0.2) is 77.7 Å². The summed E-state index contributed by atoms with van der Waals surface area (Å²) in [5.41, 5.74) is 0.256. The molecule has 3 aromatic carbocycles. The maximum atomic E-state index is 12.9. The number of hydrogen-bond acceptors (Lipinski definition) is 7. The van der Waals surface area contributed by atoms with Gasteiger partial charge in [-0.2, -0.15) is 4.31 Å². The summed E-state index contributed by atoms with van der Waals surface area (Å²) in [7, 11) is -3.87. The number of hydrogen-bond donors (Lipinski definition) is 0. The molecule has 0 spiro atoms. The van der Waals surface area contributed by atoms with Crippen molar-refractivity contribution in [1.29, 1.82) is 0 Å². The van der Waals surface area contributed by atoms with Crippen LogP contribution in [-0.2, 0) is 21.4 Å². The molecule has 3 aromatic rings. The number of benzene rings is 3. The van der Waals surface area contributed by atoms with Crippen LogP contribution in [0.4, 0.5) is 5.69 Å². The Kier molecular flexibility index (Phi) is 6.87. The van der Waals surface area contributed by atoms with Crippen LogP contribution in [0.1, 0.15) is 5.56 Å². The van der Waals surface area contributed by atoms with E-state index >= 15 is 0 Å². The number of sulfonamides is 1. The fourth-order valence-electron chi connectivity index (χ4n) is 3.35. The molecule has 0 saturated carbocycles. The van der Waals surface area contributed by atoms with Gasteiger partial charge in [-0.1, -0.05) is 36.4 Å². The zero-order chi connectivity index (χ0) is 23.3. The maximum absolute atomic E-state index is 12.9. The van der Waals surface area contributed by atoms with Crippen molar-refractivity contribution in [2.24, 2.45) is 0 Å². The quantitative estimate of drug-likeness (QED) is 0.362. The Labute approximate surface area is 191 Å². The minimum atomic E-state index is -3.87. The summed E-state index contributed by atoms with van der Waals surface area (Å²) in [4.78, 5) is 10.9. The number of rotatable bonds is 8. The van der Waals surface area contributed by atoms with E-state index in [2.05, 4.69) is 0 Å². The van der Waals surface area contributed by atoms with E-state index < -0.39 is 20.6 Å². The van der Waals surface area contributed by atoms with Crippen LogP contribution >= 0.6 is 0 Å². The Hall–Kier alpha value is -3.47. The van der Waals surface area contributed by atoms with Crippen molar-refractivity contribution in [1.82, 2.24) is 4.31 Å². The molecule has 0 N–H and O–H groups in total. The second-order valence-corrected chi connectivity index (χ2v) is 9.15. The highest BCUT2D eigenvalue weighted by atomic mass is 32.2. The lowest BCUT2D eigenvalue weighted by Crippen LogP contribution is -2.40. The first kappa shape index (κ1) is 22.7. The van der Waals surface area contributed by atoms with E-state index in [0.717, 1.165) is 6.07 Å². The van der Waals surface area contributed by atoms with E-state index in [4.69, 9.17) is 14.2 Å². The Morgan fingerprint density at radius 1 is 0.939 bits per heavy atom. The smallest absolute Gasteiger partial charge is 0.312 e. The summed E-state index contributed by atoms with van der Waals surface area (Å²) < 4.78 is 43.8. The molecule has 1 aliphatic heterocycles. The van der Waals surface area contributed by atoms with Gasteiger partial charge < -0.3 is 14.2 Å². The highest BCUT2D eigenvalue weighted by Crippen LogP contribution is 2.33. The van der Waals surface area contributed by atoms with E-state index in [0.29, 0.717) is 17.1 Å². The van der Waals surface area contributed by atoms with E-state index in [1.54, 1.807) is 12.1 Å². The summed E-state index contributed by atoms with van der Waals surface area (Å²) in [6.07, 6.45) is 0. The summed E-state index contributed by atoms with van der Waals surface area (Å²) >= 11 is 0. The van der Waals surface area contributed by atoms with Crippen molar-refractivity contribution in [2.75, 3.05) is 26.3 Å². The maximum Gasteiger partial charge on any atom is 0.312 e. The average Bonchev–Trinajstić information content (AvgIpc) is 2.84. The molecular formula is C23H22N2O7S. The highest BCUT2D eigenvalue weighted by molar-refractivity contribution is 7.89. The van der Waals surface area contributed by atoms with Crippen molar-refractivity contribution < 1.29 is 27.6 Å². The SMILES string of the molecule is O=[N+]([O-])c1cc(S(=O)(=O)N2CCOCC2)ccc1OCc1ccccc1Oc1ccccc1. The fraction of sp³-hybridized carbons (Fsp3) is 0.217. The summed E-state index contributed by atoms with van der Waals surface area (Å²) in [5.74, 6) is 1.17. The van der Waals surface area contributed by atoms with Gasteiger partial charge in [0.15, 0.2) is 5.75 Å². The molecule has 0 atom stereocenters. The molecule has 0 aliphatic carbocycles. The monoisotopic (exact) mass is 470 g/mol. The molecule has 172 valence electrons. The summed E-state index contributed by atoms with van der Waals surface area (Å²) in [5, 5.41) is 11.7. The number of nitrogens with zero attached hydrogens (tertiary/aromatic N) is 2. The van der Waals surface area contributed by atoms with E-state index in [1.165, 1.54) is 16.4 Å². The van der Waals surface area contributed by atoms with Gasteiger partial charge in [-0.15, -0.1) is 0 Å². The molecule has 1 aliphatic rings. The molecule has 33 heavy (non-hydrogen) atoms. The zero-order valence-corrected chi connectivity index (χ0v) is 18.4. The third kappa shape index (κ3) is 5.30. The van der Waals surface area contributed by atoms with E-state index in [-0.39, 0.29) is 43.6 Å². The topological polar surface area (TPSA) is 108 Å². The number of para-hydroxylation sites is 2. The molecule has 0 aromatic heterocycles. The van der Waals surface area contributed by atoms with Crippen molar-refractivity contribution >= 4 is 15.7 Å². The summed E-state index contributed by atoms with van der Waals surface area (Å²) in [6.45, 7) is 0.971. The second kappa shape index (κ2) is 9.99. The average molecular weight is 471 g/mol. The standard InChI is InChI=1S/C23H22N2O7S/c26-25(27)21-16-20(33(28,29)24-12-14-30-15-13-24)10-11-23(21)31-17-18-6-4-5-9-22(18)32-19-7-2-1-3-8-19/h1-11,16H,12-15,17H2. The minimum absolute atomic E-state index is 0.000588. The van der Waals surface area contributed by atoms with Crippen molar-refractivity contribution in [3.05, 3.63) is 88.5 Å². The van der Waals surface area contributed by atoms with Gasteiger partial charge in [-0.3, -0.25) is 10.1 Å². The van der Waals surface area contributed by atoms with Gasteiger partial charge in [-0.05, 0) is 30.3 Å². The normalized spacial score (nSPS) is 14.5. The molecule has 10 heteroatoms. The van der Waals surface area contributed by atoms with Gasteiger partial charge in [0.25, 0.3) is 0 Å². The third-order valence-corrected chi connectivity index (χ3v) is 6.96. The van der Waals surface area contributed by atoms with Crippen LogP contribution in [0.25, 0.3) is 0 Å². The third-order valence-electron chi connectivity index (χ3n) is 5.06. The van der Waals surface area contributed by atoms with Crippen LogP contribution < -0.4 is 9.47 Å². The van der Waals surface area contributed by atoms with Crippen LogP contribution in [0.3, 0.4) is 0 Å².